The van der Waals surface area contributed by atoms with Gasteiger partial charge in [-0.1, -0.05) is 31.1 Å². The van der Waals surface area contributed by atoms with E-state index in [-0.39, 0.29) is 23.5 Å². The number of piperidine rings is 1. The van der Waals surface area contributed by atoms with Crippen LogP contribution in [0.2, 0.25) is 0 Å². The lowest BCUT2D eigenvalue weighted by atomic mass is 9.96. The summed E-state index contributed by atoms with van der Waals surface area (Å²) in [5, 5.41) is 16.5. The molecule has 2 heterocycles. The van der Waals surface area contributed by atoms with E-state index in [2.05, 4.69) is 15.5 Å². The first-order valence-electron chi connectivity index (χ1n) is 8.22. The Balaban J connectivity index is 1.56. The van der Waals surface area contributed by atoms with Crippen LogP contribution in [0, 0.1) is 5.92 Å². The van der Waals surface area contributed by atoms with E-state index in [1.165, 1.54) is 0 Å². The van der Waals surface area contributed by atoms with Crippen LogP contribution in [0.1, 0.15) is 38.4 Å². The largest absolute Gasteiger partial charge is 0.506 e. The van der Waals surface area contributed by atoms with Gasteiger partial charge in [0.05, 0.1) is 5.69 Å². The predicted octanol–water partition coefficient (Wildman–Crippen LogP) is 2.75. The third kappa shape index (κ3) is 3.50. The number of rotatable bonds is 4. The van der Waals surface area contributed by atoms with E-state index < -0.39 is 0 Å². The van der Waals surface area contributed by atoms with Crippen LogP contribution in [0.25, 0.3) is 0 Å². The first-order chi connectivity index (χ1) is 11.5. The van der Waals surface area contributed by atoms with E-state index >= 15 is 0 Å². The van der Waals surface area contributed by atoms with Crippen molar-refractivity contribution in [3.05, 3.63) is 30.1 Å². The number of benzene rings is 1. The van der Waals surface area contributed by atoms with Gasteiger partial charge in [0.2, 0.25) is 5.91 Å². The summed E-state index contributed by atoms with van der Waals surface area (Å²) in [6, 6.07) is 7.27. The van der Waals surface area contributed by atoms with Crippen LogP contribution < -0.4 is 10.2 Å². The number of hydrogen-bond donors (Lipinski definition) is 2. The number of aromatic nitrogens is 2. The summed E-state index contributed by atoms with van der Waals surface area (Å²) >= 11 is 0. The van der Waals surface area contributed by atoms with Gasteiger partial charge in [0.25, 0.3) is 0 Å². The second-order valence-corrected chi connectivity index (χ2v) is 6.36. The van der Waals surface area contributed by atoms with Gasteiger partial charge in [-0.15, -0.1) is 0 Å². The summed E-state index contributed by atoms with van der Waals surface area (Å²) in [5.41, 5.74) is 0.448. The Morgan fingerprint density at radius 1 is 1.33 bits per heavy atom. The van der Waals surface area contributed by atoms with E-state index in [0.29, 0.717) is 43.5 Å². The van der Waals surface area contributed by atoms with Crippen molar-refractivity contribution in [3.63, 3.8) is 0 Å². The van der Waals surface area contributed by atoms with Gasteiger partial charge < -0.3 is 19.8 Å². The topological polar surface area (TPSA) is 91.5 Å². The number of anilines is 2. The molecule has 1 aliphatic rings. The summed E-state index contributed by atoms with van der Waals surface area (Å²) in [5.74, 6) is 0.849. The van der Waals surface area contributed by atoms with E-state index in [1.807, 2.05) is 18.7 Å². The van der Waals surface area contributed by atoms with Crippen molar-refractivity contribution >= 4 is 17.6 Å². The molecule has 1 aromatic carbocycles. The molecule has 0 unspecified atom stereocenters. The minimum Gasteiger partial charge on any atom is -0.506 e. The fourth-order valence-electron chi connectivity index (χ4n) is 2.74. The summed E-state index contributed by atoms with van der Waals surface area (Å²) in [6.45, 7) is 5.42. The predicted molar refractivity (Wildman–Crippen MR) is 90.1 cm³/mol. The lowest BCUT2D eigenvalue weighted by Gasteiger charge is -2.29. The van der Waals surface area contributed by atoms with Gasteiger partial charge in [-0.2, -0.15) is 4.98 Å². The van der Waals surface area contributed by atoms with Crippen LogP contribution in [-0.4, -0.2) is 34.2 Å². The monoisotopic (exact) mass is 330 g/mol. The standard InChI is InChI=1S/C17H22N4O3/c1-11(2)15-19-17(24-20-15)21-9-7-12(8-10-21)16(23)18-13-5-3-4-6-14(13)22/h3-6,11-12,22H,7-10H2,1-2H3,(H,18,23). The molecular formula is C17H22N4O3. The van der Waals surface area contributed by atoms with Gasteiger partial charge in [-0.25, -0.2) is 0 Å². The number of phenols is 1. The number of nitrogens with zero attached hydrogens (tertiary/aromatic N) is 3. The van der Waals surface area contributed by atoms with E-state index in [9.17, 15) is 9.90 Å². The Hall–Kier alpha value is -2.57. The van der Waals surface area contributed by atoms with Crippen LogP contribution in [0.15, 0.2) is 28.8 Å². The molecule has 2 aromatic rings. The quantitative estimate of drug-likeness (QED) is 0.838. The molecule has 0 aliphatic carbocycles. The molecule has 0 radical (unpaired) electrons. The summed E-state index contributed by atoms with van der Waals surface area (Å²) < 4.78 is 5.30. The van der Waals surface area contributed by atoms with Gasteiger partial charge in [0.1, 0.15) is 5.75 Å². The Morgan fingerprint density at radius 2 is 2.04 bits per heavy atom. The fourth-order valence-corrected chi connectivity index (χ4v) is 2.74. The summed E-state index contributed by atoms with van der Waals surface area (Å²) in [4.78, 5) is 18.8. The lowest BCUT2D eigenvalue weighted by molar-refractivity contribution is -0.120. The number of amides is 1. The molecule has 1 fully saturated rings. The Morgan fingerprint density at radius 3 is 2.67 bits per heavy atom. The summed E-state index contributed by atoms with van der Waals surface area (Å²) in [6.07, 6.45) is 1.41. The average Bonchev–Trinajstić information content (AvgIpc) is 3.07. The van der Waals surface area contributed by atoms with Crippen LogP contribution in [-0.2, 0) is 4.79 Å². The number of aromatic hydroxyl groups is 1. The average molecular weight is 330 g/mol. The highest BCUT2D eigenvalue weighted by atomic mass is 16.5. The van der Waals surface area contributed by atoms with Crippen molar-refractivity contribution in [3.8, 4) is 5.75 Å². The normalized spacial score (nSPS) is 15.7. The van der Waals surface area contributed by atoms with Crippen molar-refractivity contribution in [2.24, 2.45) is 5.92 Å². The molecular weight excluding hydrogens is 308 g/mol. The zero-order valence-corrected chi connectivity index (χ0v) is 13.9. The molecule has 0 saturated carbocycles. The van der Waals surface area contributed by atoms with Gasteiger partial charge in [-0.3, -0.25) is 4.79 Å². The minimum atomic E-state index is -0.0895. The molecule has 7 nitrogen and oxygen atoms in total. The fraction of sp³-hybridized carbons (Fsp3) is 0.471. The maximum Gasteiger partial charge on any atom is 0.324 e. The number of para-hydroxylation sites is 2. The van der Waals surface area contributed by atoms with Gasteiger partial charge in [-0.05, 0) is 25.0 Å². The summed E-state index contributed by atoms with van der Waals surface area (Å²) in [7, 11) is 0. The highest BCUT2D eigenvalue weighted by molar-refractivity contribution is 5.94. The Bertz CT molecular complexity index is 705. The highest BCUT2D eigenvalue weighted by Gasteiger charge is 2.28. The number of carbonyl (C=O) groups excluding carboxylic acids is 1. The number of hydrogen-bond acceptors (Lipinski definition) is 6. The van der Waals surface area contributed by atoms with Crippen LogP contribution in [0.5, 0.6) is 5.75 Å². The Labute approximate surface area is 140 Å². The molecule has 3 rings (SSSR count). The SMILES string of the molecule is CC(C)c1noc(N2CCC(C(=O)Nc3ccccc3O)CC2)n1. The van der Waals surface area contributed by atoms with Gasteiger partial charge in [0.15, 0.2) is 5.82 Å². The third-order valence-corrected chi connectivity index (χ3v) is 4.25. The molecule has 1 amide bonds. The van der Waals surface area contributed by atoms with E-state index in [4.69, 9.17) is 4.52 Å². The number of nitrogens with one attached hydrogen (secondary N) is 1. The molecule has 7 heteroatoms. The molecule has 2 N–H and O–H groups in total. The van der Waals surface area contributed by atoms with Crippen LogP contribution in [0.4, 0.5) is 11.7 Å². The smallest absolute Gasteiger partial charge is 0.324 e. The second-order valence-electron chi connectivity index (χ2n) is 6.36. The zero-order chi connectivity index (χ0) is 17.1. The maximum absolute atomic E-state index is 12.4. The zero-order valence-electron chi connectivity index (χ0n) is 13.9. The highest BCUT2D eigenvalue weighted by Crippen LogP contribution is 2.26. The second kappa shape index (κ2) is 6.90. The number of carbonyl (C=O) groups is 1. The minimum absolute atomic E-state index is 0.0652. The molecule has 128 valence electrons. The van der Waals surface area contributed by atoms with Gasteiger partial charge >= 0.3 is 6.01 Å². The molecule has 0 atom stereocenters. The van der Waals surface area contributed by atoms with Crippen molar-refractivity contribution in [2.75, 3.05) is 23.3 Å². The first-order valence-corrected chi connectivity index (χ1v) is 8.22. The maximum atomic E-state index is 12.4. The first kappa shape index (κ1) is 16.3. The van der Waals surface area contributed by atoms with E-state index in [0.717, 1.165) is 0 Å². The molecule has 1 saturated heterocycles. The van der Waals surface area contributed by atoms with Crippen molar-refractivity contribution in [1.82, 2.24) is 10.1 Å². The number of phenolic OH excluding ortho intramolecular Hbond substituents is 1. The van der Waals surface area contributed by atoms with Crippen LogP contribution in [0.3, 0.4) is 0 Å². The Kier molecular flexibility index (Phi) is 4.69. The molecule has 0 bridgehead atoms. The van der Waals surface area contributed by atoms with Crippen molar-refractivity contribution in [2.45, 2.75) is 32.6 Å². The molecule has 1 aromatic heterocycles. The van der Waals surface area contributed by atoms with Crippen molar-refractivity contribution < 1.29 is 14.4 Å². The van der Waals surface area contributed by atoms with E-state index in [1.54, 1.807) is 24.3 Å². The molecule has 0 spiro atoms. The lowest BCUT2D eigenvalue weighted by Crippen LogP contribution is -2.38. The molecule has 1 aliphatic heterocycles. The molecule has 24 heavy (non-hydrogen) atoms. The third-order valence-electron chi connectivity index (χ3n) is 4.25. The van der Waals surface area contributed by atoms with Gasteiger partial charge in [0, 0.05) is 24.9 Å². The van der Waals surface area contributed by atoms with Crippen molar-refractivity contribution in [1.29, 1.82) is 0 Å². The van der Waals surface area contributed by atoms with Crippen LogP contribution >= 0.6 is 0 Å².